The van der Waals surface area contributed by atoms with Gasteiger partial charge in [-0.15, -0.1) is 0 Å². The van der Waals surface area contributed by atoms with Crippen LogP contribution in [0.3, 0.4) is 0 Å². The van der Waals surface area contributed by atoms with Gasteiger partial charge in [-0.25, -0.2) is 4.79 Å². The lowest BCUT2D eigenvalue weighted by Crippen LogP contribution is -2.67. The third-order valence-electron chi connectivity index (χ3n) is 12.3. The molecule has 1 aromatic rings. The van der Waals surface area contributed by atoms with Gasteiger partial charge in [-0.2, -0.15) is 4.91 Å². The van der Waals surface area contributed by atoms with Gasteiger partial charge in [0, 0.05) is 6.07 Å². The van der Waals surface area contributed by atoms with E-state index >= 15 is 0 Å². The Balaban J connectivity index is 1.12. The first kappa shape index (κ1) is 60.4. The Kier molecular flexibility index (Phi) is 22.8. The molecule has 0 spiro atoms. The van der Waals surface area contributed by atoms with Crippen molar-refractivity contribution in [2.24, 2.45) is 5.18 Å². The summed E-state index contributed by atoms with van der Waals surface area (Å²) in [5.74, 6) is -0.346. The zero-order chi connectivity index (χ0) is 53.9. The number of esters is 1. The molecular weight excluding hydrogens is 1020 g/mol. The lowest BCUT2D eigenvalue weighted by Gasteiger charge is -2.46. The smallest absolute Gasteiger partial charge is 0.338 e. The first-order valence-corrected chi connectivity index (χ1v) is 24.0. The number of benzene rings is 1. The molecule has 0 aromatic heterocycles. The highest BCUT2D eigenvalue weighted by Gasteiger charge is 2.53. The van der Waals surface area contributed by atoms with E-state index in [2.05, 4.69) is 26.4 Å². The van der Waals surface area contributed by atoms with Crippen LogP contribution in [0, 0.1) is 4.91 Å². The van der Waals surface area contributed by atoms with Crippen LogP contribution in [-0.2, 0) is 33.2 Å². The molecule has 4 aliphatic rings. The average molecular weight is 1090 g/mol. The summed E-state index contributed by atoms with van der Waals surface area (Å²) in [6.07, 6.45) is -30.2. The maximum atomic E-state index is 13.3. The highest BCUT2D eigenvalue weighted by Crippen LogP contribution is 2.32. The predicted molar refractivity (Wildman–Crippen MR) is 251 cm³/mol. The first-order chi connectivity index (χ1) is 34.6. The third kappa shape index (κ3) is 15.4. The van der Waals surface area contributed by atoms with Crippen LogP contribution in [-0.4, -0.2) is 264 Å². The standard InChI is InChI=1S/C42H67N5O24S2/c1-4-42(2,3)71-37(61)16-9-17(63-7-5-43-40(72)45-35-23(47-62)26(54)33(21(14-50)65-35)69-38-31(59)27(55)24(52)19(12-48)67-38)11-18(10-16)64-8-6-44-41(73)46-36-30(58)29(57)34(22(15-51)66-36)70-39-32(60)28(56)25(53)20(13-49)68-39/h9-11,19-36,38-39,48-60H,4-8,12-15H2,1-3H3,(H2,43,45,72)(H2,44,46,73). The van der Waals surface area contributed by atoms with Crippen molar-refractivity contribution in [2.45, 2.75) is 155 Å². The van der Waals surface area contributed by atoms with E-state index in [-0.39, 0.29) is 53.6 Å². The number of carbonyl (C=O) groups is 1. The number of ether oxygens (including phenoxy) is 9. The lowest BCUT2D eigenvalue weighted by molar-refractivity contribution is -0.342. The van der Waals surface area contributed by atoms with E-state index in [1.54, 1.807) is 13.8 Å². The van der Waals surface area contributed by atoms with E-state index in [0.29, 0.717) is 6.42 Å². The van der Waals surface area contributed by atoms with Gasteiger partial charge < -0.3 is 130 Å². The van der Waals surface area contributed by atoms with Crippen LogP contribution in [0.5, 0.6) is 11.5 Å². The molecule has 0 bridgehead atoms. The van der Waals surface area contributed by atoms with Gasteiger partial charge in [0.2, 0.25) is 0 Å². The molecule has 0 aliphatic carbocycles. The number of nitrogens with zero attached hydrogens (tertiary/aromatic N) is 1. The van der Waals surface area contributed by atoms with Gasteiger partial charge in [0.15, 0.2) is 41.3 Å². The SMILES string of the molecule is CCC(C)(C)OC(=O)c1cc(OCCNC(=S)NC2OC(CO)C(OC3OC(CO)C(O)C(O)C3O)C(O)C2O)cc(OCCNC(=S)NC2OC(CO)C(OC3OC(CO)C(O)C(O)C3O)C(O)C2N=O)c1. The second-order valence-electron chi connectivity index (χ2n) is 17.9. The minimum absolute atomic E-state index is 0.01000. The molecule has 4 aliphatic heterocycles. The fourth-order valence-corrected chi connectivity index (χ4v) is 8.24. The number of rotatable bonds is 22. The van der Waals surface area contributed by atoms with Crippen LogP contribution in [0.25, 0.3) is 0 Å². The van der Waals surface area contributed by atoms with E-state index in [1.807, 2.05) is 6.92 Å². The van der Waals surface area contributed by atoms with Gasteiger partial charge in [-0.3, -0.25) is 0 Å². The number of thiocarbonyl (C=S) groups is 2. The minimum Gasteiger partial charge on any atom is -0.492 e. The summed E-state index contributed by atoms with van der Waals surface area (Å²) in [5, 5.41) is 147. The molecule has 0 radical (unpaired) electrons. The minimum atomic E-state index is -1.86. The molecule has 29 nitrogen and oxygen atoms in total. The van der Waals surface area contributed by atoms with Crippen LogP contribution in [0.1, 0.15) is 37.6 Å². The number of nitrogens with one attached hydrogen (secondary N) is 4. The summed E-state index contributed by atoms with van der Waals surface area (Å²) in [7, 11) is 0. The quantitative estimate of drug-likeness (QED) is 0.0222. The van der Waals surface area contributed by atoms with E-state index < -0.39 is 161 Å². The molecule has 20 atom stereocenters. The third-order valence-corrected chi connectivity index (χ3v) is 12.9. The maximum Gasteiger partial charge on any atom is 0.338 e. The summed E-state index contributed by atoms with van der Waals surface area (Å²) in [5.41, 5.74) is -0.743. The van der Waals surface area contributed by atoms with Crippen LogP contribution < -0.4 is 30.7 Å². The van der Waals surface area contributed by atoms with Crippen molar-refractivity contribution in [1.82, 2.24) is 21.3 Å². The topological polar surface area (TPSA) is 441 Å². The molecule has 5 rings (SSSR count). The highest BCUT2D eigenvalue weighted by atomic mass is 32.1. The zero-order valence-electron chi connectivity index (χ0n) is 39.7. The molecule has 416 valence electrons. The molecule has 1 aromatic carbocycles. The number of carbonyl (C=O) groups excluding carboxylic acids is 1. The highest BCUT2D eigenvalue weighted by molar-refractivity contribution is 7.80. The number of nitroso groups, excluding NO2 is 1. The summed E-state index contributed by atoms with van der Waals surface area (Å²) in [4.78, 5) is 25.2. The van der Waals surface area contributed by atoms with Gasteiger partial charge in [0.05, 0.1) is 45.1 Å². The monoisotopic (exact) mass is 1090 g/mol. The molecule has 73 heavy (non-hydrogen) atoms. The molecular formula is C42H67N5O24S2. The van der Waals surface area contributed by atoms with Gasteiger partial charge in [0.1, 0.15) is 122 Å². The average Bonchev–Trinajstić information content (AvgIpc) is 3.36. The summed E-state index contributed by atoms with van der Waals surface area (Å²) < 4.78 is 50.8. The van der Waals surface area contributed by atoms with Crippen LogP contribution >= 0.6 is 24.4 Å². The lowest BCUT2D eigenvalue weighted by atomic mass is 9.95. The predicted octanol–water partition coefficient (Wildman–Crippen LogP) is -7.26. The van der Waals surface area contributed by atoms with Crippen molar-refractivity contribution in [3.05, 3.63) is 28.7 Å². The molecule has 20 unspecified atom stereocenters. The van der Waals surface area contributed by atoms with Crippen molar-refractivity contribution < 1.29 is 114 Å². The van der Waals surface area contributed by atoms with E-state index in [1.165, 1.54) is 18.2 Å². The largest absolute Gasteiger partial charge is 0.492 e. The molecule has 0 saturated carbocycles. The molecule has 31 heteroatoms. The van der Waals surface area contributed by atoms with Gasteiger partial charge in [-0.05, 0) is 56.8 Å². The van der Waals surface area contributed by atoms with Crippen LogP contribution in [0.4, 0.5) is 0 Å². The van der Waals surface area contributed by atoms with Crippen molar-refractivity contribution in [2.75, 3.05) is 52.7 Å². The summed E-state index contributed by atoms with van der Waals surface area (Å²) in [6, 6.07) is 2.71. The Morgan fingerprint density at radius 3 is 1.48 bits per heavy atom. The summed E-state index contributed by atoms with van der Waals surface area (Å²) in [6.45, 7) is 2.14. The Hall–Kier alpha value is -3.49. The second kappa shape index (κ2) is 27.5. The van der Waals surface area contributed by atoms with E-state index in [9.17, 15) is 76.1 Å². The van der Waals surface area contributed by atoms with Crippen molar-refractivity contribution in [3.8, 4) is 11.5 Å². The van der Waals surface area contributed by atoms with E-state index in [0.717, 1.165) is 0 Å². The Morgan fingerprint density at radius 2 is 1.04 bits per heavy atom. The molecule has 0 amide bonds. The molecule has 4 heterocycles. The normalized spacial score (nSPS) is 36.8. The van der Waals surface area contributed by atoms with Crippen molar-refractivity contribution in [3.63, 3.8) is 0 Å². The van der Waals surface area contributed by atoms with Gasteiger partial charge in [-0.1, -0.05) is 12.1 Å². The molecule has 4 fully saturated rings. The number of hydrogen-bond donors (Lipinski definition) is 17. The first-order valence-electron chi connectivity index (χ1n) is 23.2. The Bertz CT molecular complexity index is 1950. The van der Waals surface area contributed by atoms with Gasteiger partial charge in [0.25, 0.3) is 0 Å². The molecule has 17 N–H and O–H groups in total. The number of aliphatic hydroxyl groups is 13. The zero-order valence-corrected chi connectivity index (χ0v) is 41.3. The van der Waals surface area contributed by atoms with E-state index in [4.69, 9.17) is 67.1 Å². The Morgan fingerprint density at radius 1 is 0.603 bits per heavy atom. The maximum absolute atomic E-state index is 13.3. The number of hydrogen-bond acceptors (Lipinski definition) is 27. The van der Waals surface area contributed by atoms with Crippen molar-refractivity contribution in [1.29, 1.82) is 0 Å². The second-order valence-corrected chi connectivity index (χ2v) is 18.7. The Labute approximate surface area is 428 Å². The van der Waals surface area contributed by atoms with Crippen LogP contribution in [0.2, 0.25) is 0 Å². The van der Waals surface area contributed by atoms with Gasteiger partial charge >= 0.3 is 5.97 Å². The summed E-state index contributed by atoms with van der Waals surface area (Å²) >= 11 is 10.7. The van der Waals surface area contributed by atoms with Crippen molar-refractivity contribution >= 4 is 40.6 Å². The fourth-order valence-electron chi connectivity index (χ4n) is 7.80. The molecule has 4 saturated heterocycles. The van der Waals surface area contributed by atoms with Crippen LogP contribution in [0.15, 0.2) is 23.4 Å². The number of aliphatic hydroxyl groups excluding tert-OH is 13. The fraction of sp³-hybridized carbons (Fsp3) is 0.786.